The number of hydrogen-bond donors (Lipinski definition) is 0. The fourth-order valence-corrected chi connectivity index (χ4v) is 7.29. The third kappa shape index (κ3) is 13.6. The highest BCUT2D eigenvalue weighted by molar-refractivity contribution is 5.82. The average Bonchev–Trinajstić information content (AvgIpc) is 3.30. The minimum Gasteiger partial charge on any atom is -0.317 e. The lowest BCUT2D eigenvalue weighted by molar-refractivity contribution is 0.832. The lowest BCUT2D eigenvalue weighted by atomic mass is 9.77. The van der Waals surface area contributed by atoms with E-state index in [1.807, 2.05) is 40.7 Å². The van der Waals surface area contributed by atoms with Gasteiger partial charge in [0.1, 0.15) is 0 Å². The molecule has 1 unspecified atom stereocenters. The van der Waals surface area contributed by atoms with Crippen LogP contribution in [0.2, 0.25) is 0 Å². The van der Waals surface area contributed by atoms with Crippen molar-refractivity contribution in [3.8, 4) is 11.1 Å². The minimum absolute atomic E-state index is 0.144. The second-order valence-corrected chi connectivity index (χ2v) is 13.8. The van der Waals surface area contributed by atoms with Gasteiger partial charge in [-0.2, -0.15) is 0 Å². The van der Waals surface area contributed by atoms with Crippen molar-refractivity contribution in [1.29, 1.82) is 0 Å². The smallest absolute Gasteiger partial charge is 0.0461 e. The van der Waals surface area contributed by atoms with Gasteiger partial charge in [-0.15, -0.1) is 0 Å². The molecule has 0 radical (unpaired) electrons. The molecule has 0 aliphatic heterocycles. The summed E-state index contributed by atoms with van der Waals surface area (Å²) in [7, 11) is 0. The summed E-state index contributed by atoms with van der Waals surface area (Å²) in [6.07, 6.45) is 28.0. The van der Waals surface area contributed by atoms with Gasteiger partial charge in [-0.1, -0.05) is 205 Å². The lowest BCUT2D eigenvalue weighted by Crippen LogP contribution is -2.12. The van der Waals surface area contributed by atoms with Crippen LogP contribution in [0.5, 0.6) is 0 Å². The molecule has 1 aliphatic rings. The third-order valence-electron chi connectivity index (χ3n) is 9.99. The average molecular weight is 780 g/mol. The number of allylic oxidation sites excluding steroid dienone is 11. The van der Waals surface area contributed by atoms with E-state index in [0.29, 0.717) is 0 Å². The summed E-state index contributed by atoms with van der Waals surface area (Å²) in [6, 6.07) is 44.1. The van der Waals surface area contributed by atoms with Crippen LogP contribution < -0.4 is 4.90 Å². The summed E-state index contributed by atoms with van der Waals surface area (Å²) in [5.74, 6) is 0.144. The molecule has 5 aromatic rings. The molecule has 0 fully saturated rings. The van der Waals surface area contributed by atoms with E-state index in [4.69, 9.17) is 0 Å². The summed E-state index contributed by atoms with van der Waals surface area (Å²) in [5, 5.41) is 0. The lowest BCUT2D eigenvalue weighted by Gasteiger charge is -2.28. The molecule has 0 spiro atoms. The van der Waals surface area contributed by atoms with Crippen LogP contribution in [0.25, 0.3) is 22.8 Å². The first-order valence-electron chi connectivity index (χ1n) is 21.9. The van der Waals surface area contributed by atoms with E-state index >= 15 is 0 Å². The summed E-state index contributed by atoms with van der Waals surface area (Å²) < 4.78 is 0. The number of aryl methyl sites for hydroxylation is 2. The molecule has 0 N–H and O–H groups in total. The summed E-state index contributed by atoms with van der Waals surface area (Å²) in [5.41, 5.74) is 15.1. The maximum absolute atomic E-state index is 4.01. The summed E-state index contributed by atoms with van der Waals surface area (Å²) >= 11 is 0. The highest BCUT2D eigenvalue weighted by Crippen LogP contribution is 2.44. The Morgan fingerprint density at radius 3 is 1.97 bits per heavy atom. The molecule has 306 valence electrons. The van der Waals surface area contributed by atoms with Gasteiger partial charge in [0.15, 0.2) is 0 Å². The van der Waals surface area contributed by atoms with E-state index in [0.717, 1.165) is 48.2 Å². The zero-order chi connectivity index (χ0) is 42.8. The van der Waals surface area contributed by atoms with Crippen LogP contribution in [0.3, 0.4) is 0 Å². The van der Waals surface area contributed by atoms with Crippen molar-refractivity contribution < 1.29 is 0 Å². The van der Waals surface area contributed by atoms with Crippen molar-refractivity contribution in [2.24, 2.45) is 0 Å². The van der Waals surface area contributed by atoms with Crippen LogP contribution in [-0.2, 0) is 6.42 Å². The molecule has 0 aromatic heterocycles. The Hall–Kier alpha value is -5.92. The van der Waals surface area contributed by atoms with Gasteiger partial charge in [0.2, 0.25) is 0 Å². The summed E-state index contributed by atoms with van der Waals surface area (Å²) in [6.45, 7) is 22.8. The van der Waals surface area contributed by atoms with Crippen molar-refractivity contribution in [3.63, 3.8) is 0 Å². The molecular weight excluding hydrogens is 711 g/mol. The van der Waals surface area contributed by atoms with Gasteiger partial charge in [-0.05, 0) is 127 Å². The SMILES string of the molecule is C/C=C\CC.C=C/C=C(\C=C/N(c1ccccc1)c1ccc(C(C2=CC=CCC2)c2ccccc2)c(-c2cc(CC)c(/C=C\C)cc2C)c1)c1ccccc1.CC.CC. The van der Waals surface area contributed by atoms with E-state index in [-0.39, 0.29) is 5.92 Å². The predicted octanol–water partition coefficient (Wildman–Crippen LogP) is 17.6. The summed E-state index contributed by atoms with van der Waals surface area (Å²) in [4.78, 5) is 2.30. The quantitative estimate of drug-likeness (QED) is 0.0850. The van der Waals surface area contributed by atoms with Gasteiger partial charge in [0.05, 0.1) is 0 Å². The molecule has 1 atom stereocenters. The van der Waals surface area contributed by atoms with Crippen LogP contribution in [0, 0.1) is 6.92 Å². The molecule has 1 aliphatic carbocycles. The third-order valence-corrected chi connectivity index (χ3v) is 9.99. The molecular formula is C58H69N. The van der Waals surface area contributed by atoms with Gasteiger partial charge in [-0.3, -0.25) is 0 Å². The van der Waals surface area contributed by atoms with Gasteiger partial charge < -0.3 is 4.90 Å². The van der Waals surface area contributed by atoms with Crippen LogP contribution >= 0.6 is 0 Å². The molecule has 0 saturated carbocycles. The number of hydrogen-bond acceptors (Lipinski definition) is 1. The standard InChI is InChI=1S/C49H47N.C5H10.2C2H6/c1-5-20-39(40-22-12-8-13-23-40)32-33-50(44-28-18-11-19-29-44)45-30-31-46(49(41-24-14-9-15-25-41)42-26-16-10-17-27-42)48(36-45)47-35-38(7-3)43(21-6-2)34-37(47)4;1-3-5-4-2;2*1-2/h5-6,8-16,18-26,28-36,49H,1,7,17,27H2,2-4H3;3,5H,4H2,1-2H3;2*1-2H3/b21-6-,33-32-,39-20+;5-3-;;. The first-order valence-corrected chi connectivity index (χ1v) is 21.9. The van der Waals surface area contributed by atoms with Gasteiger partial charge in [-0.25, -0.2) is 0 Å². The number of nitrogens with zero attached hydrogens (tertiary/aromatic N) is 1. The number of anilines is 2. The molecule has 0 saturated heterocycles. The maximum Gasteiger partial charge on any atom is 0.0461 e. The Balaban J connectivity index is 0.000000949. The Kier molecular flexibility index (Phi) is 21.6. The monoisotopic (exact) mass is 780 g/mol. The highest BCUT2D eigenvalue weighted by atomic mass is 15.1. The van der Waals surface area contributed by atoms with Gasteiger partial charge >= 0.3 is 0 Å². The van der Waals surface area contributed by atoms with Crippen LogP contribution in [0.1, 0.15) is 114 Å². The Bertz CT molecular complexity index is 2160. The molecule has 0 amide bonds. The maximum atomic E-state index is 4.01. The van der Waals surface area contributed by atoms with Crippen LogP contribution in [0.15, 0.2) is 194 Å². The van der Waals surface area contributed by atoms with E-state index < -0.39 is 0 Å². The molecule has 0 heterocycles. The first-order chi connectivity index (χ1) is 29.0. The number of para-hydroxylation sites is 1. The Labute approximate surface area is 359 Å². The van der Waals surface area contributed by atoms with E-state index in [1.54, 1.807) is 0 Å². The van der Waals surface area contributed by atoms with Crippen molar-refractivity contribution >= 4 is 23.0 Å². The fourth-order valence-electron chi connectivity index (χ4n) is 7.29. The predicted molar refractivity (Wildman–Crippen MR) is 266 cm³/mol. The van der Waals surface area contributed by atoms with Crippen molar-refractivity contribution in [2.45, 2.75) is 93.9 Å². The van der Waals surface area contributed by atoms with Crippen molar-refractivity contribution in [1.82, 2.24) is 0 Å². The molecule has 5 aromatic carbocycles. The zero-order valence-corrected chi connectivity index (χ0v) is 37.5. The van der Waals surface area contributed by atoms with Gasteiger partial charge in [0.25, 0.3) is 0 Å². The van der Waals surface area contributed by atoms with Crippen LogP contribution in [0.4, 0.5) is 11.4 Å². The number of benzene rings is 5. The minimum atomic E-state index is 0.144. The second kappa shape index (κ2) is 26.9. The molecule has 0 bridgehead atoms. The largest absolute Gasteiger partial charge is 0.317 e. The normalized spacial score (nSPS) is 12.8. The Morgan fingerprint density at radius 2 is 1.41 bits per heavy atom. The second-order valence-electron chi connectivity index (χ2n) is 13.8. The number of rotatable bonds is 13. The fraction of sp³-hybridized carbons (Fsp3) is 0.241. The van der Waals surface area contributed by atoms with Crippen molar-refractivity contribution in [2.75, 3.05) is 4.90 Å². The van der Waals surface area contributed by atoms with E-state index in [9.17, 15) is 0 Å². The van der Waals surface area contributed by atoms with E-state index in [1.165, 1.54) is 44.5 Å². The zero-order valence-electron chi connectivity index (χ0n) is 37.5. The first kappa shape index (κ1) is 47.5. The molecule has 1 nitrogen and oxygen atoms in total. The van der Waals surface area contributed by atoms with Gasteiger partial charge in [0, 0.05) is 23.5 Å². The molecule has 6 rings (SSSR count). The van der Waals surface area contributed by atoms with E-state index in [2.05, 4.69) is 221 Å². The molecule has 1 heteroatoms. The van der Waals surface area contributed by atoms with Crippen LogP contribution in [-0.4, -0.2) is 0 Å². The Morgan fingerprint density at radius 1 is 0.746 bits per heavy atom. The highest BCUT2D eigenvalue weighted by Gasteiger charge is 2.25. The van der Waals surface area contributed by atoms with Crippen molar-refractivity contribution in [3.05, 3.63) is 228 Å². The topological polar surface area (TPSA) is 3.24 Å². The molecule has 59 heavy (non-hydrogen) atoms.